The van der Waals surface area contributed by atoms with Crippen LogP contribution in [0.25, 0.3) is 0 Å². The summed E-state index contributed by atoms with van der Waals surface area (Å²) in [4.78, 5) is 0. The quantitative estimate of drug-likeness (QED) is 0.681. The van der Waals surface area contributed by atoms with Crippen LogP contribution in [0.2, 0.25) is 0 Å². The molecule has 0 aromatic heterocycles. The molecule has 3 heteroatoms. The van der Waals surface area contributed by atoms with Crippen molar-refractivity contribution in [2.75, 3.05) is 19.7 Å². The van der Waals surface area contributed by atoms with Crippen molar-refractivity contribution >= 4 is 0 Å². The van der Waals surface area contributed by atoms with Gasteiger partial charge in [-0.15, -0.1) is 0 Å². The smallest absolute Gasteiger partial charge is 0.128 e. The summed E-state index contributed by atoms with van der Waals surface area (Å²) in [5.41, 5.74) is 0.635. The van der Waals surface area contributed by atoms with E-state index in [2.05, 4.69) is 19.2 Å². The number of benzene rings is 1. The predicted octanol–water partition coefficient (Wildman–Crippen LogP) is 3.37. The van der Waals surface area contributed by atoms with Crippen molar-refractivity contribution in [3.8, 4) is 0 Å². The minimum atomic E-state index is -0.184. The Morgan fingerprint density at radius 1 is 1.22 bits per heavy atom. The van der Waals surface area contributed by atoms with Crippen molar-refractivity contribution in [1.82, 2.24) is 5.32 Å². The molecular formula is C15H24FNO. The van der Waals surface area contributed by atoms with Gasteiger partial charge in [0.1, 0.15) is 5.82 Å². The maximum absolute atomic E-state index is 13.3. The van der Waals surface area contributed by atoms with Crippen molar-refractivity contribution in [3.05, 3.63) is 35.6 Å². The molecule has 1 N–H and O–H groups in total. The van der Waals surface area contributed by atoms with Crippen LogP contribution in [-0.4, -0.2) is 19.7 Å². The lowest BCUT2D eigenvalue weighted by Gasteiger charge is -2.08. The molecule has 18 heavy (non-hydrogen) atoms. The number of halogens is 1. The molecule has 1 aromatic carbocycles. The molecule has 0 saturated carbocycles. The lowest BCUT2D eigenvalue weighted by Crippen LogP contribution is -2.20. The second-order valence-corrected chi connectivity index (χ2v) is 4.95. The highest BCUT2D eigenvalue weighted by molar-refractivity contribution is 5.16. The van der Waals surface area contributed by atoms with Crippen molar-refractivity contribution in [1.29, 1.82) is 0 Å². The number of nitrogens with one attached hydrogen (secondary N) is 1. The van der Waals surface area contributed by atoms with E-state index in [1.165, 1.54) is 6.07 Å². The van der Waals surface area contributed by atoms with E-state index in [4.69, 9.17) is 4.74 Å². The van der Waals surface area contributed by atoms with E-state index >= 15 is 0 Å². The fraction of sp³-hybridized carbons (Fsp3) is 0.600. The van der Waals surface area contributed by atoms with Gasteiger partial charge in [0.15, 0.2) is 0 Å². The highest BCUT2D eigenvalue weighted by atomic mass is 19.1. The van der Waals surface area contributed by atoms with Crippen LogP contribution in [0, 0.1) is 11.7 Å². The van der Waals surface area contributed by atoms with E-state index < -0.39 is 0 Å². The third kappa shape index (κ3) is 6.72. The predicted molar refractivity (Wildman–Crippen MR) is 73.0 cm³/mol. The van der Waals surface area contributed by atoms with Gasteiger partial charge in [0.25, 0.3) is 0 Å². The molecule has 0 aliphatic heterocycles. The minimum absolute atomic E-state index is 0.184. The molecule has 102 valence electrons. The number of hydrogen-bond donors (Lipinski definition) is 1. The van der Waals surface area contributed by atoms with Crippen LogP contribution in [0.3, 0.4) is 0 Å². The average Bonchev–Trinajstić information content (AvgIpc) is 2.34. The van der Waals surface area contributed by atoms with Crippen LogP contribution < -0.4 is 5.32 Å². The normalized spacial score (nSPS) is 11.1. The van der Waals surface area contributed by atoms with Crippen LogP contribution in [-0.2, 0) is 11.3 Å². The molecule has 0 aliphatic carbocycles. The third-order valence-corrected chi connectivity index (χ3v) is 2.66. The van der Waals surface area contributed by atoms with Crippen molar-refractivity contribution < 1.29 is 9.13 Å². The Labute approximate surface area is 110 Å². The molecule has 1 aromatic rings. The van der Waals surface area contributed by atoms with Gasteiger partial charge in [0.05, 0.1) is 6.61 Å². The van der Waals surface area contributed by atoms with Crippen LogP contribution in [0.1, 0.15) is 32.3 Å². The lowest BCUT2D eigenvalue weighted by molar-refractivity contribution is 0.115. The van der Waals surface area contributed by atoms with Gasteiger partial charge in [-0.05, 0) is 37.9 Å². The molecule has 0 fully saturated rings. The molecule has 0 spiro atoms. The summed E-state index contributed by atoms with van der Waals surface area (Å²) in [6.07, 6.45) is 2.11. The maximum Gasteiger partial charge on any atom is 0.128 e. The van der Waals surface area contributed by atoms with Gasteiger partial charge in [-0.3, -0.25) is 0 Å². The van der Waals surface area contributed by atoms with E-state index in [1.807, 2.05) is 6.07 Å². The third-order valence-electron chi connectivity index (χ3n) is 2.66. The Morgan fingerprint density at radius 3 is 2.72 bits per heavy atom. The fourth-order valence-corrected chi connectivity index (χ4v) is 1.64. The maximum atomic E-state index is 13.3. The van der Waals surface area contributed by atoms with Crippen molar-refractivity contribution in [2.24, 2.45) is 5.92 Å². The molecule has 0 radical (unpaired) electrons. The van der Waals surface area contributed by atoms with E-state index in [-0.39, 0.29) is 5.82 Å². The SMILES string of the molecule is CC(C)CNCCCCOCc1ccccc1F. The second-order valence-electron chi connectivity index (χ2n) is 4.95. The van der Waals surface area contributed by atoms with E-state index in [0.29, 0.717) is 24.7 Å². The Balaban J connectivity index is 1.98. The monoisotopic (exact) mass is 253 g/mol. The first-order chi connectivity index (χ1) is 8.70. The second kappa shape index (κ2) is 9.06. The van der Waals surface area contributed by atoms with Crippen molar-refractivity contribution in [2.45, 2.75) is 33.3 Å². The molecule has 0 saturated heterocycles. The first-order valence-corrected chi connectivity index (χ1v) is 6.72. The van der Waals surface area contributed by atoms with Crippen LogP contribution in [0.5, 0.6) is 0 Å². The molecule has 0 atom stereocenters. The molecule has 0 aliphatic rings. The van der Waals surface area contributed by atoms with Gasteiger partial charge < -0.3 is 10.1 Å². The zero-order valence-electron chi connectivity index (χ0n) is 11.4. The Bertz CT molecular complexity index is 328. The molecule has 2 nitrogen and oxygen atoms in total. The van der Waals surface area contributed by atoms with Gasteiger partial charge >= 0.3 is 0 Å². The highest BCUT2D eigenvalue weighted by Crippen LogP contribution is 2.07. The first kappa shape index (κ1) is 15.1. The number of hydrogen-bond acceptors (Lipinski definition) is 2. The van der Waals surface area contributed by atoms with Crippen molar-refractivity contribution in [3.63, 3.8) is 0 Å². The molecule has 0 amide bonds. The Hall–Kier alpha value is -0.930. The largest absolute Gasteiger partial charge is 0.377 e. The molecular weight excluding hydrogens is 229 g/mol. The fourth-order valence-electron chi connectivity index (χ4n) is 1.64. The summed E-state index contributed by atoms with van der Waals surface area (Å²) in [6, 6.07) is 6.75. The van der Waals surface area contributed by atoms with Gasteiger partial charge in [-0.1, -0.05) is 32.0 Å². The summed E-state index contributed by atoms with van der Waals surface area (Å²) in [5, 5.41) is 3.39. The molecule has 0 unspecified atom stereocenters. The van der Waals surface area contributed by atoms with Crippen LogP contribution in [0.15, 0.2) is 24.3 Å². The number of ether oxygens (including phenoxy) is 1. The van der Waals surface area contributed by atoms with Gasteiger partial charge in [0.2, 0.25) is 0 Å². The summed E-state index contributed by atoms with van der Waals surface area (Å²) in [7, 11) is 0. The van der Waals surface area contributed by atoms with Gasteiger partial charge in [-0.2, -0.15) is 0 Å². The summed E-state index contributed by atoms with van der Waals surface area (Å²) < 4.78 is 18.7. The summed E-state index contributed by atoms with van der Waals surface area (Å²) >= 11 is 0. The Morgan fingerprint density at radius 2 is 2.00 bits per heavy atom. The average molecular weight is 253 g/mol. The van der Waals surface area contributed by atoms with E-state index in [1.54, 1.807) is 12.1 Å². The van der Waals surface area contributed by atoms with Crippen LogP contribution in [0.4, 0.5) is 4.39 Å². The molecule has 0 heterocycles. The van der Waals surface area contributed by atoms with Gasteiger partial charge in [0, 0.05) is 12.2 Å². The Kier molecular flexibility index (Phi) is 7.62. The van der Waals surface area contributed by atoms with E-state index in [9.17, 15) is 4.39 Å². The van der Waals surface area contributed by atoms with Crippen LogP contribution >= 0.6 is 0 Å². The van der Waals surface area contributed by atoms with Gasteiger partial charge in [-0.25, -0.2) is 4.39 Å². The zero-order valence-corrected chi connectivity index (χ0v) is 11.4. The van der Waals surface area contributed by atoms with E-state index in [0.717, 1.165) is 25.9 Å². The zero-order chi connectivity index (χ0) is 13.2. The molecule has 0 bridgehead atoms. The summed E-state index contributed by atoms with van der Waals surface area (Å²) in [5.74, 6) is 0.512. The summed E-state index contributed by atoms with van der Waals surface area (Å²) in [6.45, 7) is 7.55. The number of rotatable bonds is 9. The standard InChI is InChI=1S/C15H24FNO/c1-13(2)11-17-9-5-6-10-18-12-14-7-3-4-8-15(14)16/h3-4,7-8,13,17H,5-6,9-12H2,1-2H3. The lowest BCUT2D eigenvalue weighted by atomic mass is 10.2. The first-order valence-electron chi connectivity index (χ1n) is 6.72. The number of unbranched alkanes of at least 4 members (excludes halogenated alkanes) is 1. The topological polar surface area (TPSA) is 21.3 Å². The highest BCUT2D eigenvalue weighted by Gasteiger charge is 1.99. The molecule has 1 rings (SSSR count). The minimum Gasteiger partial charge on any atom is -0.377 e.